The second-order valence-electron chi connectivity index (χ2n) is 3.67. The Morgan fingerprint density at radius 3 is 2.72 bits per heavy atom. The number of carbonyl (C=O) groups excluding carboxylic acids is 1. The van der Waals surface area contributed by atoms with Crippen LogP contribution in [0.3, 0.4) is 0 Å². The van der Waals surface area contributed by atoms with Crippen molar-refractivity contribution in [1.29, 1.82) is 0 Å². The monoisotopic (exact) mass is 243 g/mol. The van der Waals surface area contributed by atoms with E-state index in [1.165, 1.54) is 41.6 Å². The summed E-state index contributed by atoms with van der Waals surface area (Å²) in [5.74, 6) is 1.84. The summed E-state index contributed by atoms with van der Waals surface area (Å²) in [5, 5.41) is 3.91. The molecule has 5 heteroatoms. The maximum absolute atomic E-state index is 12.8. The molecule has 2 aromatic rings. The molecule has 0 aliphatic heterocycles. The predicted octanol–water partition coefficient (Wildman–Crippen LogP) is 1.86. The van der Waals surface area contributed by atoms with Crippen LogP contribution in [-0.4, -0.2) is 20.5 Å². The molecule has 0 aliphatic rings. The van der Waals surface area contributed by atoms with Crippen molar-refractivity contribution >= 4 is 5.78 Å². The second-order valence-corrected chi connectivity index (χ2v) is 3.67. The number of carbonyl (C=O) groups is 1. The molecule has 1 aromatic heterocycles. The third-order valence-electron chi connectivity index (χ3n) is 2.50. The fourth-order valence-electron chi connectivity index (χ4n) is 1.60. The number of hydrogen-bond acceptors (Lipinski definition) is 3. The number of ketones is 1. The Kier molecular flexibility index (Phi) is 3.49. The summed E-state index contributed by atoms with van der Waals surface area (Å²) < 4.78 is 14.2. The number of Topliss-reactive ketones (excluding diaryl/α,β-unsaturated/α-hetero) is 1. The topological polar surface area (TPSA) is 47.8 Å². The van der Waals surface area contributed by atoms with E-state index < -0.39 is 6.04 Å². The molecular formula is C13H10FN3O. The van der Waals surface area contributed by atoms with Crippen LogP contribution in [0.15, 0.2) is 36.9 Å². The summed E-state index contributed by atoms with van der Waals surface area (Å²) in [6.07, 6.45) is 8.23. The van der Waals surface area contributed by atoms with Crippen molar-refractivity contribution in [3.8, 4) is 12.3 Å². The Hall–Kier alpha value is -2.48. The van der Waals surface area contributed by atoms with Crippen molar-refractivity contribution in [2.45, 2.75) is 12.5 Å². The number of hydrogen-bond donors (Lipinski definition) is 0. The normalized spacial score (nSPS) is 11.8. The highest BCUT2D eigenvalue weighted by Gasteiger charge is 2.21. The van der Waals surface area contributed by atoms with Gasteiger partial charge in [0.1, 0.15) is 24.5 Å². The highest BCUT2D eigenvalue weighted by Crippen LogP contribution is 2.17. The quantitative estimate of drug-likeness (QED) is 0.608. The van der Waals surface area contributed by atoms with Gasteiger partial charge in [-0.1, -0.05) is 0 Å². The van der Waals surface area contributed by atoms with Crippen molar-refractivity contribution in [3.05, 3.63) is 48.3 Å². The highest BCUT2D eigenvalue weighted by atomic mass is 19.1. The molecule has 2 rings (SSSR count). The van der Waals surface area contributed by atoms with Gasteiger partial charge in [0, 0.05) is 12.0 Å². The average molecular weight is 243 g/mol. The van der Waals surface area contributed by atoms with E-state index >= 15 is 0 Å². The molecular weight excluding hydrogens is 233 g/mol. The standard InChI is InChI=1S/C13H10FN3O/c1-2-3-12(17-9-15-8-16-17)13(18)10-4-6-11(14)7-5-10/h1,4-9,12H,3H2. The number of nitrogens with zero attached hydrogens (tertiary/aromatic N) is 3. The van der Waals surface area contributed by atoms with Gasteiger partial charge in [0.15, 0.2) is 5.78 Å². The van der Waals surface area contributed by atoms with Gasteiger partial charge in [-0.05, 0) is 24.3 Å². The summed E-state index contributed by atoms with van der Waals surface area (Å²) in [6.45, 7) is 0. The van der Waals surface area contributed by atoms with Crippen LogP contribution >= 0.6 is 0 Å². The van der Waals surface area contributed by atoms with Gasteiger partial charge in [0.2, 0.25) is 0 Å². The first kappa shape index (κ1) is 12.0. The van der Waals surface area contributed by atoms with Gasteiger partial charge in [-0.2, -0.15) is 5.10 Å². The van der Waals surface area contributed by atoms with Crippen LogP contribution in [0.2, 0.25) is 0 Å². The van der Waals surface area contributed by atoms with Crippen LogP contribution in [0.1, 0.15) is 22.8 Å². The van der Waals surface area contributed by atoms with Gasteiger partial charge >= 0.3 is 0 Å². The Labute approximate surface area is 103 Å². The molecule has 0 N–H and O–H groups in total. The lowest BCUT2D eigenvalue weighted by Crippen LogP contribution is -2.20. The number of terminal acetylenes is 1. The SMILES string of the molecule is C#CCC(C(=O)c1ccc(F)cc1)n1cncn1. The van der Waals surface area contributed by atoms with Crippen molar-refractivity contribution < 1.29 is 9.18 Å². The van der Waals surface area contributed by atoms with Crippen LogP contribution in [0.25, 0.3) is 0 Å². The van der Waals surface area contributed by atoms with E-state index in [9.17, 15) is 9.18 Å². The Bertz CT molecular complexity index is 569. The largest absolute Gasteiger partial charge is 0.292 e. The van der Waals surface area contributed by atoms with E-state index in [1.54, 1.807) is 0 Å². The van der Waals surface area contributed by atoms with E-state index in [-0.39, 0.29) is 18.0 Å². The summed E-state index contributed by atoms with van der Waals surface area (Å²) in [6, 6.07) is 4.72. The Balaban J connectivity index is 2.29. The molecule has 0 amide bonds. The van der Waals surface area contributed by atoms with Gasteiger partial charge in [0.05, 0.1) is 0 Å². The number of benzene rings is 1. The third kappa shape index (κ3) is 2.43. The van der Waals surface area contributed by atoms with E-state index in [0.717, 1.165) is 0 Å². The van der Waals surface area contributed by atoms with Crippen molar-refractivity contribution in [2.24, 2.45) is 0 Å². The van der Waals surface area contributed by atoms with Gasteiger partial charge in [-0.15, -0.1) is 12.3 Å². The molecule has 0 saturated carbocycles. The Morgan fingerprint density at radius 2 is 2.17 bits per heavy atom. The van der Waals surface area contributed by atoms with Crippen LogP contribution < -0.4 is 0 Å². The van der Waals surface area contributed by atoms with Gasteiger partial charge in [0.25, 0.3) is 0 Å². The summed E-state index contributed by atoms with van der Waals surface area (Å²) in [7, 11) is 0. The number of halogens is 1. The molecule has 0 radical (unpaired) electrons. The minimum absolute atomic E-state index is 0.208. The molecule has 0 aliphatic carbocycles. The van der Waals surface area contributed by atoms with Crippen LogP contribution in [0.5, 0.6) is 0 Å². The maximum atomic E-state index is 12.8. The molecule has 0 fully saturated rings. The first-order chi connectivity index (χ1) is 8.72. The van der Waals surface area contributed by atoms with Crippen LogP contribution in [0, 0.1) is 18.2 Å². The minimum atomic E-state index is -0.608. The van der Waals surface area contributed by atoms with Crippen molar-refractivity contribution in [2.75, 3.05) is 0 Å². The molecule has 1 aromatic carbocycles. The highest BCUT2D eigenvalue weighted by molar-refractivity contribution is 5.99. The van der Waals surface area contributed by atoms with Crippen LogP contribution in [-0.2, 0) is 0 Å². The number of rotatable bonds is 4. The lowest BCUT2D eigenvalue weighted by molar-refractivity contribution is 0.0919. The third-order valence-corrected chi connectivity index (χ3v) is 2.50. The summed E-state index contributed by atoms with van der Waals surface area (Å²) >= 11 is 0. The molecule has 18 heavy (non-hydrogen) atoms. The molecule has 1 heterocycles. The van der Waals surface area contributed by atoms with E-state index in [4.69, 9.17) is 6.42 Å². The molecule has 1 unspecified atom stereocenters. The van der Waals surface area contributed by atoms with Gasteiger partial charge < -0.3 is 0 Å². The lowest BCUT2D eigenvalue weighted by atomic mass is 10.0. The zero-order chi connectivity index (χ0) is 13.0. The zero-order valence-corrected chi connectivity index (χ0v) is 9.45. The van der Waals surface area contributed by atoms with E-state index in [0.29, 0.717) is 5.56 Å². The van der Waals surface area contributed by atoms with E-state index in [1.807, 2.05) is 0 Å². The molecule has 0 bridgehead atoms. The fourth-order valence-corrected chi connectivity index (χ4v) is 1.60. The van der Waals surface area contributed by atoms with Crippen LogP contribution in [0.4, 0.5) is 4.39 Å². The first-order valence-electron chi connectivity index (χ1n) is 5.29. The maximum Gasteiger partial charge on any atom is 0.188 e. The fraction of sp³-hybridized carbons (Fsp3) is 0.154. The molecule has 0 spiro atoms. The predicted molar refractivity (Wildman–Crippen MR) is 63.2 cm³/mol. The van der Waals surface area contributed by atoms with E-state index in [2.05, 4.69) is 16.0 Å². The first-order valence-corrected chi connectivity index (χ1v) is 5.29. The summed E-state index contributed by atoms with van der Waals surface area (Å²) in [5.41, 5.74) is 0.396. The van der Waals surface area contributed by atoms with Crippen molar-refractivity contribution in [3.63, 3.8) is 0 Å². The van der Waals surface area contributed by atoms with Gasteiger partial charge in [-0.3, -0.25) is 4.79 Å². The molecule has 90 valence electrons. The average Bonchev–Trinajstić information content (AvgIpc) is 2.90. The molecule has 0 saturated heterocycles. The minimum Gasteiger partial charge on any atom is -0.292 e. The Morgan fingerprint density at radius 1 is 1.44 bits per heavy atom. The number of aromatic nitrogens is 3. The smallest absolute Gasteiger partial charge is 0.188 e. The zero-order valence-electron chi connectivity index (χ0n) is 9.45. The molecule has 4 nitrogen and oxygen atoms in total. The molecule has 1 atom stereocenters. The summed E-state index contributed by atoms with van der Waals surface area (Å²) in [4.78, 5) is 16.0. The van der Waals surface area contributed by atoms with Crippen molar-refractivity contribution in [1.82, 2.24) is 14.8 Å². The second kappa shape index (κ2) is 5.23. The lowest BCUT2D eigenvalue weighted by Gasteiger charge is -2.13. The van der Waals surface area contributed by atoms with Gasteiger partial charge in [-0.25, -0.2) is 14.1 Å².